The summed E-state index contributed by atoms with van der Waals surface area (Å²) in [6, 6.07) is -0.405. The summed E-state index contributed by atoms with van der Waals surface area (Å²) in [5.74, 6) is -0.178. The highest BCUT2D eigenvalue weighted by Gasteiger charge is 2.26. The van der Waals surface area contributed by atoms with Crippen LogP contribution in [-0.4, -0.2) is 27.6 Å². The monoisotopic (exact) mass is 165 g/mol. The van der Waals surface area contributed by atoms with Crippen LogP contribution >= 0.6 is 24.4 Å². The molecule has 0 aromatic rings. The van der Waals surface area contributed by atoms with E-state index in [1.165, 1.54) is 11.8 Å². The molecule has 0 aromatic heterocycles. The Morgan fingerprint density at radius 1 is 1.89 bits per heavy atom. The molecule has 0 radical (unpaired) electrons. The van der Waals surface area contributed by atoms with Crippen molar-refractivity contribution in [3.63, 3.8) is 0 Å². The molecule has 0 bridgehead atoms. The van der Waals surface area contributed by atoms with Gasteiger partial charge in [-0.15, -0.1) is 24.4 Å². The highest BCUT2D eigenvalue weighted by Crippen LogP contribution is 2.20. The van der Waals surface area contributed by atoms with Crippen molar-refractivity contribution in [2.75, 3.05) is 5.75 Å². The molecule has 3 nitrogen and oxygen atoms in total. The molecule has 52 valence electrons. The van der Waals surface area contributed by atoms with Crippen LogP contribution in [0.5, 0.6) is 0 Å². The Morgan fingerprint density at radius 2 is 2.56 bits per heavy atom. The average Bonchev–Trinajstić information content (AvgIpc) is 2.14. The van der Waals surface area contributed by atoms with E-state index in [-0.39, 0.29) is 4.71 Å². The van der Waals surface area contributed by atoms with E-state index in [0.29, 0.717) is 5.75 Å². The first-order chi connectivity index (χ1) is 4.20. The van der Waals surface area contributed by atoms with Crippen LogP contribution in [0.1, 0.15) is 0 Å². The Labute approximate surface area is 62.6 Å². The maximum atomic E-state index is 10.2. The molecule has 0 saturated carbocycles. The Hall–Kier alpha value is 0.130. The van der Waals surface area contributed by atoms with Crippen LogP contribution in [0.3, 0.4) is 0 Å². The standard InChI is InChI=1S/C4H7NO2S2/c6-3(7)2-1-9-4(8)5-2/h2,4-5,8H,1H2,(H,6,7)/t2?,4-/m1/s1. The van der Waals surface area contributed by atoms with Crippen molar-refractivity contribution in [2.24, 2.45) is 0 Å². The zero-order chi connectivity index (χ0) is 6.85. The van der Waals surface area contributed by atoms with Gasteiger partial charge in [-0.05, 0) is 0 Å². The molecule has 0 aromatic carbocycles. The van der Waals surface area contributed by atoms with Crippen molar-refractivity contribution in [2.45, 2.75) is 10.7 Å². The predicted octanol–water partition coefficient (Wildman–Crippen LogP) is -0.0106. The van der Waals surface area contributed by atoms with Gasteiger partial charge in [-0.1, -0.05) is 0 Å². The summed E-state index contributed by atoms with van der Waals surface area (Å²) >= 11 is 5.54. The van der Waals surface area contributed by atoms with Crippen molar-refractivity contribution < 1.29 is 9.90 Å². The highest BCUT2D eigenvalue weighted by molar-refractivity contribution is 8.10. The molecule has 0 amide bonds. The number of thiol groups is 1. The Morgan fingerprint density at radius 3 is 2.78 bits per heavy atom. The topological polar surface area (TPSA) is 49.3 Å². The molecular weight excluding hydrogens is 158 g/mol. The van der Waals surface area contributed by atoms with Gasteiger partial charge in [0, 0.05) is 5.75 Å². The number of hydrogen-bond donors (Lipinski definition) is 3. The second-order valence-electron chi connectivity index (χ2n) is 1.74. The van der Waals surface area contributed by atoms with Gasteiger partial charge in [0.25, 0.3) is 0 Å². The molecule has 1 aliphatic rings. The molecule has 0 spiro atoms. The lowest BCUT2D eigenvalue weighted by molar-refractivity contribution is -0.138. The summed E-state index contributed by atoms with van der Waals surface area (Å²) in [7, 11) is 0. The van der Waals surface area contributed by atoms with Crippen LogP contribution in [0, 0.1) is 0 Å². The molecule has 5 heteroatoms. The largest absolute Gasteiger partial charge is 0.480 e. The first kappa shape index (κ1) is 7.24. The summed E-state index contributed by atoms with van der Waals surface area (Å²) in [4.78, 5) is 10.2. The second-order valence-corrected chi connectivity index (χ2v) is 3.75. The molecule has 1 aliphatic heterocycles. The minimum Gasteiger partial charge on any atom is -0.480 e. The zero-order valence-corrected chi connectivity index (χ0v) is 6.28. The van der Waals surface area contributed by atoms with Crippen LogP contribution in [-0.2, 0) is 4.79 Å². The molecule has 1 heterocycles. The lowest BCUT2D eigenvalue weighted by Gasteiger charge is -2.01. The maximum absolute atomic E-state index is 10.2. The van der Waals surface area contributed by atoms with Gasteiger partial charge >= 0.3 is 5.97 Å². The van der Waals surface area contributed by atoms with Gasteiger partial charge in [0.1, 0.15) is 6.04 Å². The van der Waals surface area contributed by atoms with Gasteiger partial charge in [0.2, 0.25) is 0 Å². The zero-order valence-electron chi connectivity index (χ0n) is 4.57. The van der Waals surface area contributed by atoms with Crippen LogP contribution in [0.15, 0.2) is 0 Å². The van der Waals surface area contributed by atoms with Gasteiger partial charge in [0.15, 0.2) is 0 Å². The SMILES string of the molecule is O=C(O)C1CS[C@@H](S)N1. The van der Waals surface area contributed by atoms with E-state index in [9.17, 15) is 4.79 Å². The maximum Gasteiger partial charge on any atom is 0.321 e. The Balaban J connectivity index is 2.39. The molecule has 2 N–H and O–H groups in total. The highest BCUT2D eigenvalue weighted by atomic mass is 32.2. The smallest absolute Gasteiger partial charge is 0.321 e. The summed E-state index contributed by atoms with van der Waals surface area (Å²) in [5, 5.41) is 11.2. The van der Waals surface area contributed by atoms with E-state index in [1.807, 2.05) is 0 Å². The molecule has 1 rings (SSSR count). The molecule has 2 atom stereocenters. The fourth-order valence-corrected chi connectivity index (χ4v) is 1.91. The normalized spacial score (nSPS) is 34.8. The average molecular weight is 165 g/mol. The Bertz CT molecular complexity index is 130. The van der Waals surface area contributed by atoms with Crippen LogP contribution < -0.4 is 5.32 Å². The molecule has 1 saturated heterocycles. The van der Waals surface area contributed by atoms with E-state index in [2.05, 4.69) is 17.9 Å². The van der Waals surface area contributed by atoms with E-state index in [4.69, 9.17) is 5.11 Å². The third kappa shape index (κ3) is 1.77. The third-order valence-corrected chi connectivity index (χ3v) is 2.64. The second kappa shape index (κ2) is 2.81. The number of hydrogen-bond acceptors (Lipinski definition) is 4. The summed E-state index contributed by atoms with van der Waals surface area (Å²) in [6.07, 6.45) is 0. The number of carboxylic acids is 1. The van der Waals surface area contributed by atoms with Crippen molar-refractivity contribution >= 4 is 30.4 Å². The van der Waals surface area contributed by atoms with E-state index >= 15 is 0 Å². The fraction of sp³-hybridized carbons (Fsp3) is 0.750. The molecular formula is C4H7NO2S2. The van der Waals surface area contributed by atoms with Gasteiger partial charge in [-0.2, -0.15) is 0 Å². The van der Waals surface area contributed by atoms with E-state index in [0.717, 1.165) is 0 Å². The van der Waals surface area contributed by atoms with Gasteiger partial charge in [-0.3, -0.25) is 10.1 Å². The van der Waals surface area contributed by atoms with Crippen molar-refractivity contribution in [1.29, 1.82) is 0 Å². The first-order valence-corrected chi connectivity index (χ1v) is 4.05. The molecule has 9 heavy (non-hydrogen) atoms. The first-order valence-electron chi connectivity index (χ1n) is 2.48. The third-order valence-electron chi connectivity index (χ3n) is 1.06. The number of nitrogens with one attached hydrogen (secondary N) is 1. The number of rotatable bonds is 1. The van der Waals surface area contributed by atoms with E-state index < -0.39 is 12.0 Å². The van der Waals surface area contributed by atoms with Crippen molar-refractivity contribution in [1.82, 2.24) is 5.32 Å². The Kier molecular flexibility index (Phi) is 2.26. The van der Waals surface area contributed by atoms with Crippen LogP contribution in [0.4, 0.5) is 0 Å². The molecule has 0 aliphatic carbocycles. The van der Waals surface area contributed by atoms with Crippen molar-refractivity contribution in [3.8, 4) is 0 Å². The predicted molar refractivity (Wildman–Crippen MR) is 39.8 cm³/mol. The van der Waals surface area contributed by atoms with Gasteiger partial charge < -0.3 is 5.11 Å². The number of thioether (sulfide) groups is 1. The fourth-order valence-electron chi connectivity index (χ4n) is 0.598. The van der Waals surface area contributed by atoms with Gasteiger partial charge in [-0.25, -0.2) is 0 Å². The minimum absolute atomic E-state index is 0.00824. The summed E-state index contributed by atoms with van der Waals surface area (Å²) in [6.45, 7) is 0. The number of aliphatic carboxylic acids is 1. The van der Waals surface area contributed by atoms with Gasteiger partial charge in [0.05, 0.1) is 4.71 Å². The molecule has 1 fully saturated rings. The van der Waals surface area contributed by atoms with Crippen LogP contribution in [0.2, 0.25) is 0 Å². The van der Waals surface area contributed by atoms with E-state index in [1.54, 1.807) is 0 Å². The number of carbonyl (C=O) groups is 1. The number of carboxylic acid groups (broad SMARTS) is 1. The van der Waals surface area contributed by atoms with Crippen molar-refractivity contribution in [3.05, 3.63) is 0 Å². The summed E-state index contributed by atoms with van der Waals surface area (Å²) in [5.41, 5.74) is 0. The quantitative estimate of drug-likeness (QED) is 0.478. The lowest BCUT2D eigenvalue weighted by Crippen LogP contribution is -2.34. The van der Waals surface area contributed by atoms with Crippen LogP contribution in [0.25, 0.3) is 0 Å². The molecule has 1 unspecified atom stereocenters. The minimum atomic E-state index is -0.793. The lowest BCUT2D eigenvalue weighted by atomic mass is 10.4. The summed E-state index contributed by atoms with van der Waals surface area (Å²) < 4.78 is -0.00824.